The molecule has 3 aromatic rings. The van der Waals surface area contributed by atoms with Crippen LogP contribution in [0.5, 0.6) is 0 Å². The molecule has 0 radical (unpaired) electrons. The Bertz CT molecular complexity index is 1110. The molecular weight excluding hydrogens is 399 g/mol. The molecule has 0 aromatic heterocycles. The van der Waals surface area contributed by atoms with Gasteiger partial charge in [-0.05, 0) is 46.7 Å². The number of aryl methyl sites for hydroxylation is 1. The van der Waals surface area contributed by atoms with E-state index in [2.05, 4.69) is 18.2 Å². The predicted octanol–water partition coefficient (Wildman–Crippen LogP) is 4.22. The number of fused-ring (bicyclic) bond motifs is 1. The number of hydrogen-bond acceptors (Lipinski definition) is 3. The lowest BCUT2D eigenvalue weighted by molar-refractivity contribution is 0.360. The van der Waals surface area contributed by atoms with Crippen LogP contribution in [0.15, 0.2) is 66.7 Å². The average molecular weight is 420 g/mol. The van der Waals surface area contributed by atoms with Crippen molar-refractivity contribution in [1.82, 2.24) is 0 Å². The minimum atomic E-state index is -4.93. The van der Waals surface area contributed by atoms with E-state index >= 15 is 0 Å². The molecule has 0 aliphatic heterocycles. The van der Waals surface area contributed by atoms with E-state index in [0.717, 1.165) is 27.5 Å². The molecule has 0 bridgehead atoms. The standard InChI is InChI=1S/C20H21O6PS/c21-27(22,23)20(28(24,25)26)10-3-5-15-11-13-17(14-12-15)19-9-4-7-16-6-1-2-8-18(16)19/h1-2,4,6-9,11-14,20H,3,5,10H2,(H2,21,22,23)(H,24,25,26). The van der Waals surface area contributed by atoms with Crippen molar-refractivity contribution in [1.29, 1.82) is 0 Å². The summed E-state index contributed by atoms with van der Waals surface area (Å²) in [5.41, 5.74) is 3.08. The van der Waals surface area contributed by atoms with Crippen molar-refractivity contribution >= 4 is 28.5 Å². The summed E-state index contributed by atoms with van der Waals surface area (Å²) in [5, 5.41) is 2.30. The molecule has 3 aromatic carbocycles. The Balaban J connectivity index is 1.72. The van der Waals surface area contributed by atoms with Crippen molar-refractivity contribution in [2.45, 2.75) is 24.3 Å². The fourth-order valence-corrected chi connectivity index (χ4v) is 5.67. The maximum Gasteiger partial charge on any atom is 0.346 e. The van der Waals surface area contributed by atoms with Gasteiger partial charge in [0.1, 0.15) is 0 Å². The number of benzene rings is 3. The van der Waals surface area contributed by atoms with E-state index in [1.54, 1.807) is 0 Å². The highest BCUT2D eigenvalue weighted by Crippen LogP contribution is 2.46. The lowest BCUT2D eigenvalue weighted by Gasteiger charge is -2.15. The Morgan fingerprint density at radius 3 is 2.18 bits per heavy atom. The van der Waals surface area contributed by atoms with Crippen LogP contribution in [0.4, 0.5) is 0 Å². The zero-order chi connectivity index (χ0) is 20.4. The number of rotatable bonds is 7. The van der Waals surface area contributed by atoms with Crippen molar-refractivity contribution in [3.63, 3.8) is 0 Å². The second kappa shape index (κ2) is 8.15. The first-order chi connectivity index (χ1) is 13.2. The fourth-order valence-electron chi connectivity index (χ4n) is 3.30. The van der Waals surface area contributed by atoms with E-state index in [9.17, 15) is 13.0 Å². The molecule has 0 amide bonds. The summed E-state index contributed by atoms with van der Waals surface area (Å²) in [5.74, 6) is 0. The van der Waals surface area contributed by atoms with Gasteiger partial charge in [-0.3, -0.25) is 9.12 Å². The molecule has 3 N–H and O–H groups in total. The third kappa shape index (κ3) is 4.87. The van der Waals surface area contributed by atoms with Gasteiger partial charge >= 0.3 is 7.60 Å². The van der Waals surface area contributed by atoms with Crippen molar-refractivity contribution in [2.75, 3.05) is 0 Å². The van der Waals surface area contributed by atoms with Crippen LogP contribution in [0.25, 0.3) is 21.9 Å². The molecule has 0 aliphatic carbocycles. The van der Waals surface area contributed by atoms with Gasteiger partial charge in [0.25, 0.3) is 10.1 Å². The van der Waals surface area contributed by atoms with E-state index in [4.69, 9.17) is 14.3 Å². The summed E-state index contributed by atoms with van der Waals surface area (Å²) in [7, 11) is -9.73. The summed E-state index contributed by atoms with van der Waals surface area (Å²) in [6.45, 7) is 0. The van der Waals surface area contributed by atoms with Gasteiger partial charge in [-0.2, -0.15) is 8.42 Å². The van der Waals surface area contributed by atoms with Crippen molar-refractivity contribution in [2.24, 2.45) is 0 Å². The topological polar surface area (TPSA) is 112 Å². The summed E-state index contributed by atoms with van der Waals surface area (Å²) in [4.78, 5) is 16.2. The van der Waals surface area contributed by atoms with Gasteiger partial charge in [0.05, 0.1) is 0 Å². The summed E-state index contributed by atoms with van der Waals surface area (Å²) in [6, 6.07) is 22.0. The van der Waals surface area contributed by atoms with E-state index in [-0.39, 0.29) is 12.8 Å². The van der Waals surface area contributed by atoms with Crippen LogP contribution in [-0.4, -0.2) is 27.7 Å². The van der Waals surface area contributed by atoms with Gasteiger partial charge in [-0.25, -0.2) is 0 Å². The van der Waals surface area contributed by atoms with Gasteiger partial charge < -0.3 is 9.79 Å². The quantitative estimate of drug-likeness (QED) is 0.390. The van der Waals surface area contributed by atoms with Crippen LogP contribution >= 0.6 is 7.60 Å². The van der Waals surface area contributed by atoms with Crippen LogP contribution in [0.2, 0.25) is 0 Å². The van der Waals surface area contributed by atoms with Crippen LogP contribution in [0, 0.1) is 0 Å². The molecule has 6 nitrogen and oxygen atoms in total. The van der Waals surface area contributed by atoms with E-state index in [1.807, 2.05) is 48.5 Å². The Labute approximate surface area is 163 Å². The van der Waals surface area contributed by atoms with Crippen LogP contribution < -0.4 is 0 Å². The normalized spacial score (nSPS) is 13.5. The number of hydrogen-bond donors (Lipinski definition) is 3. The Hall–Kier alpha value is -2.02. The molecule has 0 aliphatic rings. The molecule has 0 saturated heterocycles. The zero-order valence-corrected chi connectivity index (χ0v) is 16.7. The van der Waals surface area contributed by atoms with Crippen molar-refractivity contribution in [3.8, 4) is 11.1 Å². The van der Waals surface area contributed by atoms with Gasteiger partial charge in [0, 0.05) is 0 Å². The maximum atomic E-state index is 11.3. The maximum absolute atomic E-state index is 11.3. The average Bonchev–Trinajstić information content (AvgIpc) is 2.63. The van der Waals surface area contributed by atoms with Gasteiger partial charge in [0.2, 0.25) is 0 Å². The fraction of sp³-hybridized carbons (Fsp3) is 0.200. The molecule has 0 heterocycles. The van der Waals surface area contributed by atoms with Gasteiger partial charge in [-0.1, -0.05) is 66.7 Å². The molecule has 8 heteroatoms. The molecule has 1 atom stereocenters. The van der Waals surface area contributed by atoms with Gasteiger partial charge in [-0.15, -0.1) is 0 Å². The Morgan fingerprint density at radius 2 is 1.54 bits per heavy atom. The van der Waals surface area contributed by atoms with Crippen molar-refractivity contribution in [3.05, 3.63) is 72.3 Å². The summed E-state index contributed by atoms with van der Waals surface area (Å²) >= 11 is 0. The SMILES string of the molecule is O=P(O)(O)C(CCCc1ccc(-c2cccc3ccccc23)cc1)S(=O)(=O)O. The Morgan fingerprint density at radius 1 is 0.893 bits per heavy atom. The van der Waals surface area contributed by atoms with E-state index in [1.165, 1.54) is 0 Å². The molecule has 0 saturated carbocycles. The molecule has 28 heavy (non-hydrogen) atoms. The first kappa shape index (κ1) is 20.7. The monoisotopic (exact) mass is 420 g/mol. The molecule has 1 unspecified atom stereocenters. The molecular formula is C20H21O6PS. The minimum absolute atomic E-state index is 0.225. The predicted molar refractivity (Wildman–Crippen MR) is 110 cm³/mol. The zero-order valence-electron chi connectivity index (χ0n) is 15.0. The first-order valence-electron chi connectivity index (χ1n) is 8.75. The molecule has 148 valence electrons. The van der Waals surface area contributed by atoms with Crippen LogP contribution in [0.1, 0.15) is 18.4 Å². The summed E-state index contributed by atoms with van der Waals surface area (Å²) < 4.78 is 42.7. The largest absolute Gasteiger partial charge is 0.346 e. The molecule has 3 rings (SSSR count). The second-order valence-corrected chi connectivity index (χ2v) is 10.4. The van der Waals surface area contributed by atoms with Crippen molar-refractivity contribution < 1.29 is 27.3 Å². The molecule has 0 fully saturated rings. The third-order valence-corrected chi connectivity index (χ3v) is 8.25. The first-order valence-corrected chi connectivity index (χ1v) is 11.9. The molecule has 0 spiro atoms. The Kier molecular flexibility index (Phi) is 6.03. The second-order valence-electron chi connectivity index (χ2n) is 6.67. The smallest absolute Gasteiger partial charge is 0.323 e. The highest BCUT2D eigenvalue weighted by molar-refractivity contribution is 7.93. The minimum Gasteiger partial charge on any atom is -0.323 e. The lowest BCUT2D eigenvalue weighted by Crippen LogP contribution is -2.20. The van der Waals surface area contributed by atoms with Crippen LogP contribution in [0.3, 0.4) is 0 Å². The van der Waals surface area contributed by atoms with E-state index < -0.39 is 22.7 Å². The van der Waals surface area contributed by atoms with E-state index in [0.29, 0.717) is 6.42 Å². The highest BCUT2D eigenvalue weighted by atomic mass is 32.2. The summed E-state index contributed by atoms with van der Waals surface area (Å²) in [6.07, 6.45) is 0.360. The highest BCUT2D eigenvalue weighted by Gasteiger charge is 2.38. The van der Waals surface area contributed by atoms with Crippen LogP contribution in [-0.2, 0) is 21.1 Å². The third-order valence-electron chi connectivity index (χ3n) is 4.69. The van der Waals surface area contributed by atoms with Gasteiger partial charge in [0.15, 0.2) is 4.99 Å². The lowest BCUT2D eigenvalue weighted by atomic mass is 9.97.